The van der Waals surface area contributed by atoms with Gasteiger partial charge in [0.15, 0.2) is 0 Å². The lowest BCUT2D eigenvalue weighted by atomic mass is 9.95. The third-order valence-corrected chi connectivity index (χ3v) is 4.62. The molecule has 4 nitrogen and oxygen atoms in total. The molecule has 0 spiro atoms. The number of amides is 1. The Labute approximate surface area is 125 Å². The van der Waals surface area contributed by atoms with E-state index in [4.69, 9.17) is 4.74 Å². The van der Waals surface area contributed by atoms with Crippen LogP contribution in [0.2, 0.25) is 0 Å². The molecule has 1 saturated carbocycles. The second-order valence-corrected chi connectivity index (χ2v) is 6.01. The van der Waals surface area contributed by atoms with Gasteiger partial charge in [-0.25, -0.2) is 0 Å². The van der Waals surface area contributed by atoms with Crippen molar-refractivity contribution in [1.82, 2.24) is 4.90 Å². The summed E-state index contributed by atoms with van der Waals surface area (Å²) in [4.78, 5) is 14.7. The van der Waals surface area contributed by atoms with E-state index in [2.05, 4.69) is 0 Å². The van der Waals surface area contributed by atoms with Gasteiger partial charge in [-0.3, -0.25) is 4.79 Å². The van der Waals surface area contributed by atoms with Crippen molar-refractivity contribution in [3.8, 4) is 5.75 Å². The number of hydrogen-bond acceptors (Lipinski definition) is 3. The second kappa shape index (κ2) is 6.48. The molecule has 1 atom stereocenters. The summed E-state index contributed by atoms with van der Waals surface area (Å²) in [7, 11) is 0. The Hall–Kier alpha value is -1.55. The molecule has 1 fully saturated rings. The van der Waals surface area contributed by atoms with E-state index in [1.54, 1.807) is 0 Å². The molecule has 3 rings (SSSR count). The SMILES string of the molecule is O=C(C1COc2ccccc2C1)N(CCO)C1CCCC1. The molecule has 1 aromatic carbocycles. The quantitative estimate of drug-likeness (QED) is 0.922. The van der Waals surface area contributed by atoms with Gasteiger partial charge in [-0.05, 0) is 30.9 Å². The van der Waals surface area contributed by atoms with Crippen LogP contribution in [0.1, 0.15) is 31.2 Å². The molecule has 0 aromatic heterocycles. The molecule has 4 heteroatoms. The molecule has 1 unspecified atom stereocenters. The summed E-state index contributed by atoms with van der Waals surface area (Å²) in [5.74, 6) is 0.925. The number of carbonyl (C=O) groups is 1. The first-order chi connectivity index (χ1) is 10.3. The van der Waals surface area contributed by atoms with Crippen LogP contribution >= 0.6 is 0 Å². The molecule has 0 bridgehead atoms. The highest BCUT2D eigenvalue weighted by molar-refractivity contribution is 5.80. The average molecular weight is 289 g/mol. The minimum Gasteiger partial charge on any atom is -0.492 e. The Morgan fingerprint density at radius 3 is 2.81 bits per heavy atom. The Kier molecular flexibility index (Phi) is 4.44. The monoisotopic (exact) mass is 289 g/mol. The van der Waals surface area contributed by atoms with E-state index < -0.39 is 0 Å². The van der Waals surface area contributed by atoms with Crippen LogP contribution in [0, 0.1) is 5.92 Å². The molecule has 1 amide bonds. The van der Waals surface area contributed by atoms with E-state index in [1.165, 1.54) is 12.8 Å². The average Bonchev–Trinajstić information content (AvgIpc) is 3.05. The minimum atomic E-state index is -0.118. The van der Waals surface area contributed by atoms with Gasteiger partial charge in [-0.15, -0.1) is 0 Å². The Balaban J connectivity index is 1.71. The van der Waals surface area contributed by atoms with Crippen molar-refractivity contribution in [2.75, 3.05) is 19.8 Å². The van der Waals surface area contributed by atoms with E-state index in [0.717, 1.165) is 30.6 Å². The van der Waals surface area contributed by atoms with E-state index in [0.29, 0.717) is 19.2 Å². The number of benzene rings is 1. The number of aliphatic hydroxyl groups is 1. The highest BCUT2D eigenvalue weighted by Gasteiger charge is 2.33. The van der Waals surface area contributed by atoms with Crippen LogP contribution in [0.5, 0.6) is 5.75 Å². The maximum Gasteiger partial charge on any atom is 0.229 e. The standard InChI is InChI=1S/C17H23NO3/c19-10-9-18(15-6-2-3-7-15)17(20)14-11-13-5-1-4-8-16(13)21-12-14/h1,4-5,8,14-15,19H,2-3,6-7,9-12H2. The van der Waals surface area contributed by atoms with Crippen molar-refractivity contribution in [2.24, 2.45) is 5.92 Å². The Bertz CT molecular complexity index is 497. The van der Waals surface area contributed by atoms with Gasteiger partial charge in [0.05, 0.1) is 12.5 Å². The fourth-order valence-electron chi connectivity index (χ4n) is 3.52. The van der Waals surface area contributed by atoms with Crippen molar-refractivity contribution in [3.63, 3.8) is 0 Å². The van der Waals surface area contributed by atoms with E-state index in [9.17, 15) is 9.90 Å². The topological polar surface area (TPSA) is 49.8 Å². The molecule has 114 valence electrons. The van der Waals surface area contributed by atoms with Crippen molar-refractivity contribution in [3.05, 3.63) is 29.8 Å². The lowest BCUT2D eigenvalue weighted by molar-refractivity contribution is -0.139. The number of fused-ring (bicyclic) bond motifs is 1. The normalized spacial score (nSPS) is 21.7. The summed E-state index contributed by atoms with van der Waals surface area (Å²) in [6, 6.07) is 8.23. The smallest absolute Gasteiger partial charge is 0.229 e. The molecule has 0 radical (unpaired) electrons. The number of ether oxygens (including phenoxy) is 1. The van der Waals surface area contributed by atoms with Crippen LogP contribution in [0.15, 0.2) is 24.3 Å². The minimum absolute atomic E-state index is 0.0341. The lowest BCUT2D eigenvalue weighted by Gasteiger charge is -2.33. The Morgan fingerprint density at radius 2 is 2.05 bits per heavy atom. The van der Waals surface area contributed by atoms with Crippen LogP contribution in [0.4, 0.5) is 0 Å². The zero-order chi connectivity index (χ0) is 14.7. The fourth-order valence-corrected chi connectivity index (χ4v) is 3.52. The van der Waals surface area contributed by atoms with Crippen molar-refractivity contribution >= 4 is 5.91 Å². The van der Waals surface area contributed by atoms with Gasteiger partial charge in [0.25, 0.3) is 0 Å². The zero-order valence-electron chi connectivity index (χ0n) is 12.3. The van der Waals surface area contributed by atoms with Gasteiger partial charge in [-0.2, -0.15) is 0 Å². The van der Waals surface area contributed by atoms with E-state index in [-0.39, 0.29) is 18.4 Å². The molecule has 0 saturated heterocycles. The predicted molar refractivity (Wildman–Crippen MR) is 80.2 cm³/mol. The van der Waals surface area contributed by atoms with Gasteiger partial charge in [0.2, 0.25) is 5.91 Å². The number of nitrogens with zero attached hydrogens (tertiary/aromatic N) is 1. The number of carbonyl (C=O) groups excluding carboxylic acids is 1. The van der Waals surface area contributed by atoms with Gasteiger partial charge < -0.3 is 14.7 Å². The maximum atomic E-state index is 12.8. The number of hydrogen-bond donors (Lipinski definition) is 1. The first-order valence-corrected chi connectivity index (χ1v) is 7.91. The zero-order valence-corrected chi connectivity index (χ0v) is 12.3. The van der Waals surface area contributed by atoms with Crippen molar-refractivity contribution in [1.29, 1.82) is 0 Å². The summed E-state index contributed by atoms with van der Waals surface area (Å²) in [5, 5.41) is 9.28. The van der Waals surface area contributed by atoms with Crippen LogP contribution in [0.25, 0.3) is 0 Å². The first-order valence-electron chi connectivity index (χ1n) is 7.91. The lowest BCUT2D eigenvalue weighted by Crippen LogP contribution is -2.46. The van der Waals surface area contributed by atoms with E-state index >= 15 is 0 Å². The third kappa shape index (κ3) is 3.05. The summed E-state index contributed by atoms with van der Waals surface area (Å²) in [5.41, 5.74) is 1.11. The number of para-hydroxylation sites is 1. The van der Waals surface area contributed by atoms with Crippen molar-refractivity contribution in [2.45, 2.75) is 38.1 Å². The van der Waals surface area contributed by atoms with Crippen molar-refractivity contribution < 1.29 is 14.6 Å². The van der Waals surface area contributed by atoms with Gasteiger partial charge in [0, 0.05) is 12.6 Å². The largest absolute Gasteiger partial charge is 0.492 e. The predicted octanol–water partition coefficient (Wildman–Crippen LogP) is 2.00. The molecule has 1 N–H and O–H groups in total. The summed E-state index contributed by atoms with van der Waals surface area (Å²) in [6.45, 7) is 0.929. The van der Waals surface area contributed by atoms with Gasteiger partial charge in [-0.1, -0.05) is 31.0 Å². The Morgan fingerprint density at radius 1 is 1.29 bits per heavy atom. The third-order valence-electron chi connectivity index (χ3n) is 4.62. The molecular weight excluding hydrogens is 266 g/mol. The molecular formula is C17H23NO3. The summed E-state index contributed by atoms with van der Waals surface area (Å²) < 4.78 is 5.74. The molecule has 1 aromatic rings. The number of rotatable bonds is 4. The second-order valence-electron chi connectivity index (χ2n) is 6.01. The summed E-state index contributed by atoms with van der Waals surface area (Å²) in [6.07, 6.45) is 5.24. The first kappa shape index (κ1) is 14.4. The fraction of sp³-hybridized carbons (Fsp3) is 0.588. The maximum absolute atomic E-state index is 12.8. The number of aliphatic hydroxyl groups excluding tert-OH is 1. The molecule has 2 aliphatic rings. The van der Waals surface area contributed by atoms with Gasteiger partial charge in [0.1, 0.15) is 12.4 Å². The van der Waals surface area contributed by atoms with Crippen LogP contribution < -0.4 is 4.74 Å². The van der Waals surface area contributed by atoms with Crippen LogP contribution in [-0.4, -0.2) is 41.7 Å². The van der Waals surface area contributed by atoms with E-state index in [1.807, 2.05) is 29.2 Å². The molecule has 1 heterocycles. The van der Waals surface area contributed by atoms with Crippen LogP contribution in [-0.2, 0) is 11.2 Å². The highest BCUT2D eigenvalue weighted by Crippen LogP contribution is 2.30. The van der Waals surface area contributed by atoms with Gasteiger partial charge >= 0.3 is 0 Å². The molecule has 21 heavy (non-hydrogen) atoms. The highest BCUT2D eigenvalue weighted by atomic mass is 16.5. The molecule has 1 aliphatic carbocycles. The van der Waals surface area contributed by atoms with Crippen LogP contribution in [0.3, 0.4) is 0 Å². The summed E-state index contributed by atoms with van der Waals surface area (Å²) >= 11 is 0. The molecule has 1 aliphatic heterocycles.